The van der Waals surface area contributed by atoms with E-state index in [4.69, 9.17) is 0 Å². The molecule has 3 rings (SSSR count). The minimum Gasteiger partial charge on any atom is -0.481 e. The highest BCUT2D eigenvalue weighted by Gasteiger charge is 2.30. The number of halogens is 1. The van der Waals surface area contributed by atoms with Crippen molar-refractivity contribution in [2.75, 3.05) is 18.4 Å². The Morgan fingerprint density at radius 1 is 1.30 bits per heavy atom. The molecule has 0 aliphatic carbocycles. The fourth-order valence-electron chi connectivity index (χ4n) is 3.08. The highest BCUT2D eigenvalue weighted by Crippen LogP contribution is 2.30. The van der Waals surface area contributed by atoms with E-state index in [-0.39, 0.29) is 18.0 Å². The fourth-order valence-corrected chi connectivity index (χ4v) is 4.11. The number of anilines is 1. The molecule has 1 aliphatic heterocycles. The SMILES string of the molecule is Cc1cc(NC(=O)c2cccc(F)c2)sc1C(=O)N1CCC[C@H](C(=O)O)C1. The minimum absolute atomic E-state index is 0.189. The van der Waals surface area contributed by atoms with Crippen LogP contribution < -0.4 is 5.32 Å². The molecule has 1 aliphatic rings. The van der Waals surface area contributed by atoms with E-state index >= 15 is 0 Å². The molecule has 1 aromatic carbocycles. The average Bonchev–Trinajstić information content (AvgIpc) is 3.01. The van der Waals surface area contributed by atoms with Crippen molar-refractivity contribution in [3.8, 4) is 0 Å². The number of rotatable bonds is 4. The molecule has 27 heavy (non-hydrogen) atoms. The predicted octanol–water partition coefficient (Wildman–Crippen LogP) is 3.38. The molecule has 0 spiro atoms. The zero-order chi connectivity index (χ0) is 19.6. The van der Waals surface area contributed by atoms with Crippen molar-refractivity contribution >= 4 is 34.1 Å². The largest absolute Gasteiger partial charge is 0.481 e. The number of nitrogens with one attached hydrogen (secondary N) is 1. The van der Waals surface area contributed by atoms with Gasteiger partial charge in [0.2, 0.25) is 0 Å². The number of aliphatic carboxylic acids is 1. The molecule has 142 valence electrons. The number of hydrogen-bond acceptors (Lipinski definition) is 4. The molecule has 1 atom stereocenters. The second-order valence-electron chi connectivity index (χ2n) is 6.52. The Kier molecular flexibility index (Phi) is 5.55. The van der Waals surface area contributed by atoms with Crippen molar-refractivity contribution in [2.24, 2.45) is 5.92 Å². The second kappa shape index (κ2) is 7.87. The molecule has 0 bridgehead atoms. The van der Waals surface area contributed by atoms with Gasteiger partial charge in [0.15, 0.2) is 0 Å². The van der Waals surface area contributed by atoms with Crippen LogP contribution in [0.2, 0.25) is 0 Å². The average molecular weight is 390 g/mol. The van der Waals surface area contributed by atoms with Crippen LogP contribution in [-0.2, 0) is 4.79 Å². The Morgan fingerprint density at radius 2 is 2.07 bits per heavy atom. The number of piperidine rings is 1. The van der Waals surface area contributed by atoms with Gasteiger partial charge in [0.1, 0.15) is 5.82 Å². The summed E-state index contributed by atoms with van der Waals surface area (Å²) in [6.07, 6.45) is 1.22. The Balaban J connectivity index is 1.73. The monoisotopic (exact) mass is 390 g/mol. The van der Waals surface area contributed by atoms with Crippen LogP contribution in [0.15, 0.2) is 30.3 Å². The maximum atomic E-state index is 13.3. The van der Waals surface area contributed by atoms with Crippen molar-refractivity contribution in [3.63, 3.8) is 0 Å². The van der Waals surface area contributed by atoms with Gasteiger partial charge in [-0.3, -0.25) is 14.4 Å². The topological polar surface area (TPSA) is 86.7 Å². The van der Waals surface area contributed by atoms with Crippen LogP contribution in [0.5, 0.6) is 0 Å². The van der Waals surface area contributed by atoms with Crippen LogP contribution in [-0.4, -0.2) is 40.9 Å². The van der Waals surface area contributed by atoms with E-state index in [1.165, 1.54) is 18.2 Å². The van der Waals surface area contributed by atoms with Gasteiger partial charge in [-0.15, -0.1) is 11.3 Å². The summed E-state index contributed by atoms with van der Waals surface area (Å²) in [4.78, 5) is 38.3. The summed E-state index contributed by atoms with van der Waals surface area (Å²) in [6, 6.07) is 7.04. The quantitative estimate of drug-likeness (QED) is 0.838. The molecule has 8 heteroatoms. The number of thiophene rings is 1. The number of aryl methyl sites for hydroxylation is 1. The summed E-state index contributed by atoms with van der Waals surface area (Å²) in [6.45, 7) is 2.47. The van der Waals surface area contributed by atoms with Crippen LogP contribution in [0, 0.1) is 18.7 Å². The molecule has 6 nitrogen and oxygen atoms in total. The molecule has 0 unspecified atom stereocenters. The lowest BCUT2D eigenvalue weighted by Gasteiger charge is -2.30. The van der Waals surface area contributed by atoms with Gasteiger partial charge in [-0.1, -0.05) is 6.07 Å². The van der Waals surface area contributed by atoms with Crippen molar-refractivity contribution in [1.29, 1.82) is 0 Å². The van der Waals surface area contributed by atoms with Crippen molar-refractivity contribution in [3.05, 3.63) is 52.2 Å². The Hall–Kier alpha value is -2.74. The van der Waals surface area contributed by atoms with Crippen LogP contribution in [0.4, 0.5) is 9.39 Å². The van der Waals surface area contributed by atoms with Gasteiger partial charge >= 0.3 is 5.97 Å². The van der Waals surface area contributed by atoms with E-state index in [0.29, 0.717) is 34.8 Å². The van der Waals surface area contributed by atoms with E-state index in [9.17, 15) is 23.9 Å². The first-order valence-corrected chi connectivity index (χ1v) is 9.36. The molecule has 2 aromatic rings. The zero-order valence-corrected chi connectivity index (χ0v) is 15.5. The van der Waals surface area contributed by atoms with E-state index in [1.54, 1.807) is 17.9 Å². The molecular formula is C19H19FN2O4S. The first-order chi connectivity index (χ1) is 12.8. The van der Waals surface area contributed by atoms with E-state index < -0.39 is 23.6 Å². The third kappa shape index (κ3) is 4.33. The Morgan fingerprint density at radius 3 is 2.78 bits per heavy atom. The number of nitrogens with zero attached hydrogens (tertiary/aromatic N) is 1. The maximum Gasteiger partial charge on any atom is 0.308 e. The second-order valence-corrected chi connectivity index (χ2v) is 7.57. The number of hydrogen-bond donors (Lipinski definition) is 2. The van der Waals surface area contributed by atoms with Crippen molar-refractivity contribution in [1.82, 2.24) is 4.90 Å². The number of likely N-dealkylation sites (tertiary alicyclic amines) is 1. The Labute approximate surface area is 159 Å². The summed E-state index contributed by atoms with van der Waals surface area (Å²) < 4.78 is 13.3. The van der Waals surface area contributed by atoms with Crippen LogP contribution in [0.1, 0.15) is 38.4 Å². The van der Waals surface area contributed by atoms with Gasteiger partial charge < -0.3 is 15.3 Å². The predicted molar refractivity (Wildman–Crippen MR) is 99.7 cm³/mol. The van der Waals surface area contributed by atoms with Crippen LogP contribution >= 0.6 is 11.3 Å². The van der Waals surface area contributed by atoms with Gasteiger partial charge in [0.05, 0.1) is 15.8 Å². The Bertz CT molecular complexity index is 896. The first kappa shape index (κ1) is 19.0. The van der Waals surface area contributed by atoms with E-state index in [2.05, 4.69) is 5.32 Å². The van der Waals surface area contributed by atoms with Gasteiger partial charge in [-0.2, -0.15) is 0 Å². The standard InChI is InChI=1S/C19H19FN2O4S/c1-11-8-15(21-17(23)12-4-2-6-14(20)9-12)27-16(11)18(24)22-7-3-5-13(10-22)19(25)26/h2,4,6,8-9,13H,3,5,7,10H2,1H3,(H,21,23)(H,25,26)/t13-/m0/s1. The molecule has 1 fully saturated rings. The fraction of sp³-hybridized carbons (Fsp3) is 0.316. The first-order valence-electron chi connectivity index (χ1n) is 8.54. The van der Waals surface area contributed by atoms with Gasteiger partial charge in [0.25, 0.3) is 11.8 Å². The number of carboxylic acids is 1. The number of carbonyl (C=O) groups excluding carboxylic acids is 2. The number of amides is 2. The third-order valence-corrected chi connectivity index (χ3v) is 5.63. The van der Waals surface area contributed by atoms with E-state index in [0.717, 1.165) is 17.4 Å². The summed E-state index contributed by atoms with van der Waals surface area (Å²) in [7, 11) is 0. The molecule has 0 radical (unpaired) electrons. The van der Waals surface area contributed by atoms with Crippen LogP contribution in [0.3, 0.4) is 0 Å². The van der Waals surface area contributed by atoms with Crippen molar-refractivity contribution < 1.29 is 23.9 Å². The summed E-state index contributed by atoms with van der Waals surface area (Å²) in [5.74, 6) is -2.62. The molecular weight excluding hydrogens is 371 g/mol. The third-order valence-electron chi connectivity index (χ3n) is 4.49. The van der Waals surface area contributed by atoms with Gasteiger partial charge in [-0.25, -0.2) is 4.39 Å². The highest BCUT2D eigenvalue weighted by molar-refractivity contribution is 7.18. The zero-order valence-electron chi connectivity index (χ0n) is 14.7. The maximum absolute atomic E-state index is 13.3. The molecule has 2 N–H and O–H groups in total. The number of benzene rings is 1. The van der Waals surface area contributed by atoms with Crippen molar-refractivity contribution in [2.45, 2.75) is 19.8 Å². The molecule has 2 amide bonds. The van der Waals surface area contributed by atoms with Crippen LogP contribution in [0.25, 0.3) is 0 Å². The summed E-state index contributed by atoms with van der Waals surface area (Å²) in [5.41, 5.74) is 0.895. The smallest absolute Gasteiger partial charge is 0.308 e. The van der Waals surface area contributed by atoms with E-state index in [1.807, 2.05) is 0 Å². The lowest BCUT2D eigenvalue weighted by atomic mass is 9.98. The number of carbonyl (C=O) groups is 3. The normalized spacial score (nSPS) is 16.8. The molecule has 0 saturated carbocycles. The minimum atomic E-state index is -0.890. The van der Waals surface area contributed by atoms with Gasteiger partial charge in [0, 0.05) is 18.7 Å². The highest BCUT2D eigenvalue weighted by atomic mass is 32.1. The summed E-state index contributed by atoms with van der Waals surface area (Å²) in [5, 5.41) is 12.3. The summed E-state index contributed by atoms with van der Waals surface area (Å²) >= 11 is 1.13. The molecule has 1 saturated heterocycles. The number of carboxylic acid groups (broad SMARTS) is 1. The lowest BCUT2D eigenvalue weighted by molar-refractivity contribution is -0.143. The lowest BCUT2D eigenvalue weighted by Crippen LogP contribution is -2.42. The molecule has 1 aromatic heterocycles. The molecule has 2 heterocycles. The van der Waals surface area contributed by atoms with Gasteiger partial charge in [-0.05, 0) is 49.6 Å².